The van der Waals surface area contributed by atoms with Gasteiger partial charge in [0.1, 0.15) is 0 Å². The average molecular weight is 238 g/mol. The van der Waals surface area contributed by atoms with Gasteiger partial charge in [-0.25, -0.2) is 0 Å². The summed E-state index contributed by atoms with van der Waals surface area (Å²) >= 11 is 0.00986. The van der Waals surface area contributed by atoms with Crippen LogP contribution in [0.1, 0.15) is 33.6 Å². The Bertz CT molecular complexity index is 235. The topological polar surface area (TPSA) is 0 Å². The maximum atomic E-state index is 11.8. The van der Waals surface area contributed by atoms with Gasteiger partial charge < -0.3 is 0 Å². The standard InChI is InChI=1S/C11H17F3S/c1-9(2)5-4-6-10(3)7-8-15-11(12,13)14/h5,7H,4,6,8H2,1-3H3/b10-7+. The first kappa shape index (κ1) is 14.6. The molecule has 0 nitrogen and oxygen atoms in total. The SMILES string of the molecule is CC(C)=CCC/C(C)=C/CSC(F)(F)F. The van der Waals surface area contributed by atoms with E-state index in [4.69, 9.17) is 0 Å². The normalized spacial score (nSPS) is 12.8. The predicted octanol–water partition coefficient (Wildman–Crippen LogP) is 4.93. The van der Waals surface area contributed by atoms with Gasteiger partial charge in [0.15, 0.2) is 0 Å². The van der Waals surface area contributed by atoms with Crippen LogP contribution in [0.25, 0.3) is 0 Å². The fourth-order valence-electron chi connectivity index (χ4n) is 0.969. The highest BCUT2D eigenvalue weighted by molar-refractivity contribution is 8.00. The van der Waals surface area contributed by atoms with Crippen molar-refractivity contribution in [3.63, 3.8) is 0 Å². The summed E-state index contributed by atoms with van der Waals surface area (Å²) in [6.45, 7) is 5.90. The first-order chi connectivity index (χ1) is 6.81. The van der Waals surface area contributed by atoms with Crippen molar-refractivity contribution >= 4 is 11.8 Å². The quantitative estimate of drug-likeness (QED) is 0.612. The van der Waals surface area contributed by atoms with Crippen LogP contribution in [-0.4, -0.2) is 11.3 Å². The van der Waals surface area contributed by atoms with E-state index >= 15 is 0 Å². The zero-order valence-corrected chi connectivity index (χ0v) is 10.1. The van der Waals surface area contributed by atoms with Crippen LogP contribution in [0.15, 0.2) is 23.3 Å². The summed E-state index contributed by atoms with van der Waals surface area (Å²) in [5, 5.41) is 0. The highest BCUT2D eigenvalue weighted by Gasteiger charge is 2.26. The number of halogens is 3. The highest BCUT2D eigenvalue weighted by atomic mass is 32.2. The van der Waals surface area contributed by atoms with Gasteiger partial charge in [0, 0.05) is 5.75 Å². The van der Waals surface area contributed by atoms with Gasteiger partial charge in [-0.3, -0.25) is 0 Å². The molecule has 0 saturated heterocycles. The first-order valence-electron chi connectivity index (χ1n) is 4.81. The van der Waals surface area contributed by atoms with Gasteiger partial charge in [0.25, 0.3) is 0 Å². The van der Waals surface area contributed by atoms with Crippen molar-refractivity contribution < 1.29 is 13.2 Å². The molecule has 0 amide bonds. The van der Waals surface area contributed by atoms with Crippen LogP contribution in [-0.2, 0) is 0 Å². The molecule has 0 saturated carbocycles. The fraction of sp³-hybridized carbons (Fsp3) is 0.636. The van der Waals surface area contributed by atoms with E-state index in [-0.39, 0.29) is 17.5 Å². The van der Waals surface area contributed by atoms with Crippen LogP contribution in [0.5, 0.6) is 0 Å². The third-order valence-electron chi connectivity index (χ3n) is 1.77. The Hall–Kier alpha value is -0.380. The number of alkyl halides is 3. The van der Waals surface area contributed by atoms with Crippen LogP contribution in [0, 0.1) is 0 Å². The minimum absolute atomic E-state index is 0.00986. The Morgan fingerprint density at radius 2 is 1.73 bits per heavy atom. The van der Waals surface area contributed by atoms with Gasteiger partial charge in [0.2, 0.25) is 0 Å². The smallest absolute Gasteiger partial charge is 0.160 e. The van der Waals surface area contributed by atoms with Crippen LogP contribution in [0.2, 0.25) is 0 Å². The lowest BCUT2D eigenvalue weighted by Crippen LogP contribution is -2.00. The molecule has 0 radical (unpaired) electrons. The lowest BCUT2D eigenvalue weighted by atomic mass is 10.1. The van der Waals surface area contributed by atoms with Gasteiger partial charge in [-0.15, -0.1) is 0 Å². The van der Waals surface area contributed by atoms with Crippen LogP contribution >= 0.6 is 11.8 Å². The molecule has 0 aliphatic rings. The molecule has 0 fully saturated rings. The average Bonchev–Trinajstić information content (AvgIpc) is 2.00. The molecule has 0 unspecified atom stereocenters. The number of hydrogen-bond acceptors (Lipinski definition) is 1. The molecular weight excluding hydrogens is 221 g/mol. The molecular formula is C11H17F3S. The predicted molar refractivity (Wildman–Crippen MR) is 60.9 cm³/mol. The van der Waals surface area contributed by atoms with Gasteiger partial charge in [-0.05, 0) is 45.4 Å². The van der Waals surface area contributed by atoms with Crippen LogP contribution in [0.4, 0.5) is 13.2 Å². The largest absolute Gasteiger partial charge is 0.442 e. The molecule has 0 aliphatic heterocycles. The van der Waals surface area contributed by atoms with E-state index in [9.17, 15) is 13.2 Å². The van der Waals surface area contributed by atoms with Crippen molar-refractivity contribution in [2.45, 2.75) is 39.1 Å². The molecule has 0 aromatic rings. The lowest BCUT2D eigenvalue weighted by molar-refractivity contribution is -0.0326. The first-order valence-corrected chi connectivity index (χ1v) is 5.79. The molecule has 0 heterocycles. The van der Waals surface area contributed by atoms with Gasteiger partial charge >= 0.3 is 5.51 Å². The Labute approximate surface area is 93.6 Å². The zero-order chi connectivity index (χ0) is 11.9. The van der Waals surface area contributed by atoms with Gasteiger partial charge in [-0.2, -0.15) is 13.2 Å². The van der Waals surface area contributed by atoms with E-state index in [1.165, 1.54) is 5.57 Å². The molecule has 0 bridgehead atoms. The van der Waals surface area contributed by atoms with Crippen molar-refractivity contribution in [3.05, 3.63) is 23.3 Å². The third kappa shape index (κ3) is 11.5. The van der Waals surface area contributed by atoms with Crippen molar-refractivity contribution in [1.29, 1.82) is 0 Å². The molecule has 0 atom stereocenters. The van der Waals surface area contributed by atoms with Crippen molar-refractivity contribution in [1.82, 2.24) is 0 Å². The van der Waals surface area contributed by atoms with E-state index in [1.807, 2.05) is 20.8 Å². The second kappa shape index (κ2) is 6.99. The molecule has 0 N–H and O–H groups in total. The monoisotopic (exact) mass is 238 g/mol. The summed E-state index contributed by atoms with van der Waals surface area (Å²) in [7, 11) is 0. The minimum atomic E-state index is -4.11. The third-order valence-corrected chi connectivity index (χ3v) is 2.43. The Morgan fingerprint density at radius 3 is 2.20 bits per heavy atom. The van der Waals surface area contributed by atoms with Crippen LogP contribution < -0.4 is 0 Å². The molecule has 0 aliphatic carbocycles. The van der Waals surface area contributed by atoms with E-state index < -0.39 is 5.51 Å². The van der Waals surface area contributed by atoms with Gasteiger partial charge in [-0.1, -0.05) is 23.3 Å². The molecule has 0 rings (SSSR count). The zero-order valence-electron chi connectivity index (χ0n) is 9.32. The summed E-state index contributed by atoms with van der Waals surface area (Å²) in [6, 6.07) is 0. The summed E-state index contributed by atoms with van der Waals surface area (Å²) in [4.78, 5) is 0. The number of rotatable bonds is 5. The number of allylic oxidation sites excluding steroid dienone is 3. The maximum Gasteiger partial charge on any atom is 0.442 e. The fourth-order valence-corrected chi connectivity index (χ4v) is 1.53. The summed E-state index contributed by atoms with van der Waals surface area (Å²) < 4.78 is 35.4. The Morgan fingerprint density at radius 1 is 1.13 bits per heavy atom. The van der Waals surface area contributed by atoms with Gasteiger partial charge in [0.05, 0.1) is 0 Å². The lowest BCUT2D eigenvalue weighted by Gasteiger charge is -2.03. The second-order valence-electron chi connectivity index (χ2n) is 3.63. The van der Waals surface area contributed by atoms with Crippen molar-refractivity contribution in [3.8, 4) is 0 Å². The molecule has 4 heteroatoms. The number of thioether (sulfide) groups is 1. The molecule has 0 aromatic carbocycles. The molecule has 15 heavy (non-hydrogen) atoms. The second-order valence-corrected chi connectivity index (χ2v) is 4.71. The summed E-state index contributed by atoms with van der Waals surface area (Å²) in [6.07, 6.45) is 5.48. The van der Waals surface area contributed by atoms with Crippen LogP contribution in [0.3, 0.4) is 0 Å². The minimum Gasteiger partial charge on any atom is -0.160 e. The van der Waals surface area contributed by atoms with E-state index in [1.54, 1.807) is 6.08 Å². The number of hydrogen-bond donors (Lipinski definition) is 0. The molecule has 0 spiro atoms. The van der Waals surface area contributed by atoms with E-state index in [0.717, 1.165) is 18.4 Å². The highest BCUT2D eigenvalue weighted by Crippen LogP contribution is 2.30. The molecule has 0 aromatic heterocycles. The van der Waals surface area contributed by atoms with Crippen molar-refractivity contribution in [2.75, 3.05) is 5.75 Å². The Balaban J connectivity index is 3.75. The van der Waals surface area contributed by atoms with E-state index in [2.05, 4.69) is 6.08 Å². The molecule has 88 valence electrons. The summed E-state index contributed by atoms with van der Waals surface area (Å²) in [5.41, 5.74) is -1.85. The summed E-state index contributed by atoms with van der Waals surface area (Å²) in [5.74, 6) is 0.0180. The van der Waals surface area contributed by atoms with Crippen molar-refractivity contribution in [2.24, 2.45) is 0 Å². The Kier molecular flexibility index (Phi) is 6.81. The van der Waals surface area contributed by atoms with E-state index in [0.29, 0.717) is 0 Å². The maximum absolute atomic E-state index is 11.8.